The van der Waals surface area contributed by atoms with Crippen molar-refractivity contribution in [2.45, 2.75) is 32.9 Å². The number of hydrogen-bond donors (Lipinski definition) is 2. The number of carbonyl (C=O) groups excluding carboxylic acids is 1. The summed E-state index contributed by atoms with van der Waals surface area (Å²) in [5.41, 5.74) is 6.85. The van der Waals surface area contributed by atoms with Gasteiger partial charge in [-0.3, -0.25) is 9.78 Å². The van der Waals surface area contributed by atoms with Gasteiger partial charge in [-0.15, -0.1) is 0 Å². The molecule has 3 N–H and O–H groups in total. The van der Waals surface area contributed by atoms with Crippen molar-refractivity contribution < 1.29 is 4.79 Å². The van der Waals surface area contributed by atoms with Crippen LogP contribution >= 0.6 is 0 Å². The molecule has 0 unspecified atom stereocenters. The van der Waals surface area contributed by atoms with Gasteiger partial charge in [-0.1, -0.05) is 6.07 Å². The highest BCUT2D eigenvalue weighted by Gasteiger charge is 2.07. The minimum absolute atomic E-state index is 0.129. The van der Waals surface area contributed by atoms with E-state index in [1.165, 1.54) is 0 Å². The van der Waals surface area contributed by atoms with E-state index in [2.05, 4.69) is 36.1 Å². The molecule has 0 aromatic carbocycles. The molecule has 0 radical (unpaired) electrons. The number of nitrogens with two attached hydrogens (primary N) is 1. The molecule has 19 heavy (non-hydrogen) atoms. The molecule has 1 amide bonds. The van der Waals surface area contributed by atoms with Crippen molar-refractivity contribution in [2.75, 3.05) is 20.1 Å². The van der Waals surface area contributed by atoms with Crippen LogP contribution in [-0.2, 0) is 6.54 Å². The summed E-state index contributed by atoms with van der Waals surface area (Å²) >= 11 is 0. The lowest BCUT2D eigenvalue weighted by atomic mass is 10.2. The van der Waals surface area contributed by atoms with Crippen LogP contribution in [-0.4, -0.2) is 42.0 Å². The van der Waals surface area contributed by atoms with E-state index < -0.39 is 0 Å². The van der Waals surface area contributed by atoms with Crippen LogP contribution in [0.5, 0.6) is 0 Å². The van der Waals surface area contributed by atoms with Gasteiger partial charge >= 0.3 is 0 Å². The summed E-state index contributed by atoms with van der Waals surface area (Å²) in [5.74, 6) is -0.129. The predicted octanol–water partition coefficient (Wildman–Crippen LogP) is 1.00. The van der Waals surface area contributed by atoms with E-state index in [4.69, 9.17) is 5.73 Å². The molecule has 0 spiro atoms. The van der Waals surface area contributed by atoms with Crippen molar-refractivity contribution in [1.82, 2.24) is 15.2 Å². The quantitative estimate of drug-likeness (QED) is 0.721. The lowest BCUT2D eigenvalue weighted by molar-refractivity contribution is 0.0946. The average Bonchev–Trinajstić information content (AvgIpc) is 2.43. The summed E-state index contributed by atoms with van der Waals surface area (Å²) in [4.78, 5) is 18.1. The van der Waals surface area contributed by atoms with E-state index in [1.807, 2.05) is 6.07 Å². The molecule has 1 rings (SSSR count). The molecule has 0 aliphatic rings. The largest absolute Gasteiger partial charge is 0.351 e. The molecule has 0 saturated carbocycles. The highest BCUT2D eigenvalue weighted by atomic mass is 16.1. The van der Waals surface area contributed by atoms with Crippen LogP contribution in [0.2, 0.25) is 0 Å². The topological polar surface area (TPSA) is 71.2 Å². The molecule has 0 aliphatic heterocycles. The standard InChI is InChI=1S/C14H24N4O/c1-11(2)18(3)8-4-7-16-14(19)13-6-5-12(9-15)10-17-13/h5-6,10-11H,4,7-9,15H2,1-3H3,(H,16,19). The third-order valence-electron chi connectivity index (χ3n) is 3.15. The third-order valence-corrected chi connectivity index (χ3v) is 3.15. The molecular formula is C14H24N4O. The van der Waals surface area contributed by atoms with Gasteiger partial charge in [-0.2, -0.15) is 0 Å². The van der Waals surface area contributed by atoms with Gasteiger partial charge in [0.1, 0.15) is 5.69 Å². The fourth-order valence-electron chi connectivity index (χ4n) is 1.56. The third kappa shape index (κ3) is 5.36. The molecule has 1 heterocycles. The summed E-state index contributed by atoms with van der Waals surface area (Å²) in [6.07, 6.45) is 2.57. The maximum atomic E-state index is 11.8. The van der Waals surface area contributed by atoms with E-state index >= 15 is 0 Å². The number of amides is 1. The summed E-state index contributed by atoms with van der Waals surface area (Å²) in [6.45, 7) is 6.38. The fourth-order valence-corrected chi connectivity index (χ4v) is 1.56. The first-order chi connectivity index (χ1) is 9.04. The zero-order chi connectivity index (χ0) is 14.3. The first kappa shape index (κ1) is 15.6. The molecule has 1 aromatic heterocycles. The van der Waals surface area contributed by atoms with Crippen molar-refractivity contribution in [3.05, 3.63) is 29.6 Å². The Kier molecular flexibility index (Phi) is 6.45. The molecule has 0 fully saturated rings. The van der Waals surface area contributed by atoms with Crippen LogP contribution in [0, 0.1) is 0 Å². The van der Waals surface area contributed by atoms with Gasteiger partial charge in [0, 0.05) is 25.3 Å². The van der Waals surface area contributed by atoms with Gasteiger partial charge in [0.25, 0.3) is 5.91 Å². The van der Waals surface area contributed by atoms with E-state index in [0.717, 1.165) is 18.5 Å². The second-order valence-electron chi connectivity index (χ2n) is 4.94. The molecule has 0 aliphatic carbocycles. The number of carbonyl (C=O) groups is 1. The number of hydrogen-bond acceptors (Lipinski definition) is 4. The number of aromatic nitrogens is 1. The van der Waals surface area contributed by atoms with Gasteiger partial charge < -0.3 is 16.0 Å². The van der Waals surface area contributed by atoms with Crippen LogP contribution in [0.4, 0.5) is 0 Å². The molecular weight excluding hydrogens is 240 g/mol. The Morgan fingerprint density at radius 2 is 2.21 bits per heavy atom. The summed E-state index contributed by atoms with van der Waals surface area (Å²) in [5, 5.41) is 2.87. The number of rotatable bonds is 7. The molecule has 5 heteroatoms. The van der Waals surface area contributed by atoms with Crippen molar-refractivity contribution in [3.8, 4) is 0 Å². The normalized spacial score (nSPS) is 11.1. The van der Waals surface area contributed by atoms with Crippen LogP contribution in [0.1, 0.15) is 36.3 Å². The molecule has 0 bridgehead atoms. The smallest absolute Gasteiger partial charge is 0.269 e. The highest BCUT2D eigenvalue weighted by Crippen LogP contribution is 1.99. The first-order valence-electron chi connectivity index (χ1n) is 6.68. The maximum absolute atomic E-state index is 11.8. The van der Waals surface area contributed by atoms with Crippen LogP contribution in [0.25, 0.3) is 0 Å². The fraction of sp³-hybridized carbons (Fsp3) is 0.571. The van der Waals surface area contributed by atoms with Gasteiger partial charge in [0.05, 0.1) is 0 Å². The lowest BCUT2D eigenvalue weighted by Crippen LogP contribution is -2.31. The molecule has 106 valence electrons. The zero-order valence-electron chi connectivity index (χ0n) is 12.0. The predicted molar refractivity (Wildman–Crippen MR) is 76.8 cm³/mol. The number of pyridine rings is 1. The van der Waals surface area contributed by atoms with Gasteiger partial charge in [0.2, 0.25) is 0 Å². The first-order valence-corrected chi connectivity index (χ1v) is 6.68. The second-order valence-corrected chi connectivity index (χ2v) is 4.94. The Morgan fingerprint density at radius 1 is 1.47 bits per heavy atom. The maximum Gasteiger partial charge on any atom is 0.269 e. The second kappa shape index (κ2) is 7.86. The highest BCUT2D eigenvalue weighted by molar-refractivity contribution is 5.92. The van der Waals surface area contributed by atoms with Crippen molar-refractivity contribution in [1.29, 1.82) is 0 Å². The van der Waals surface area contributed by atoms with Gasteiger partial charge in [0.15, 0.2) is 0 Å². The average molecular weight is 264 g/mol. The van der Waals surface area contributed by atoms with E-state index in [-0.39, 0.29) is 5.91 Å². The van der Waals surface area contributed by atoms with Crippen LogP contribution in [0.15, 0.2) is 18.3 Å². The summed E-state index contributed by atoms with van der Waals surface area (Å²) < 4.78 is 0. The molecule has 0 saturated heterocycles. The van der Waals surface area contributed by atoms with Crippen molar-refractivity contribution in [2.24, 2.45) is 5.73 Å². The molecule has 1 aromatic rings. The van der Waals surface area contributed by atoms with Crippen LogP contribution < -0.4 is 11.1 Å². The van der Waals surface area contributed by atoms with Gasteiger partial charge in [-0.05, 0) is 45.5 Å². The molecule has 5 nitrogen and oxygen atoms in total. The van der Waals surface area contributed by atoms with Crippen molar-refractivity contribution in [3.63, 3.8) is 0 Å². The van der Waals surface area contributed by atoms with E-state index in [1.54, 1.807) is 12.3 Å². The summed E-state index contributed by atoms with van der Waals surface area (Å²) in [6, 6.07) is 4.06. The SMILES string of the molecule is CC(C)N(C)CCCNC(=O)c1ccc(CN)cn1. The lowest BCUT2D eigenvalue weighted by Gasteiger charge is -2.20. The van der Waals surface area contributed by atoms with E-state index in [0.29, 0.717) is 24.8 Å². The Labute approximate surface area is 115 Å². The summed E-state index contributed by atoms with van der Waals surface area (Å²) in [7, 11) is 2.08. The Morgan fingerprint density at radius 3 is 2.74 bits per heavy atom. The Hall–Kier alpha value is -1.46. The Bertz CT molecular complexity index is 389. The molecule has 0 atom stereocenters. The van der Waals surface area contributed by atoms with E-state index in [9.17, 15) is 4.79 Å². The van der Waals surface area contributed by atoms with Crippen molar-refractivity contribution >= 4 is 5.91 Å². The van der Waals surface area contributed by atoms with Gasteiger partial charge in [-0.25, -0.2) is 0 Å². The number of nitrogens with zero attached hydrogens (tertiary/aromatic N) is 2. The van der Waals surface area contributed by atoms with Crippen LogP contribution in [0.3, 0.4) is 0 Å². The Balaban J connectivity index is 2.31. The minimum Gasteiger partial charge on any atom is -0.351 e. The number of nitrogens with one attached hydrogen (secondary N) is 1. The zero-order valence-corrected chi connectivity index (χ0v) is 12.0. The monoisotopic (exact) mass is 264 g/mol. The minimum atomic E-state index is -0.129.